The maximum Gasteiger partial charge on any atom is 0.0534 e. The van der Waals surface area contributed by atoms with Crippen LogP contribution in [0.1, 0.15) is 39.2 Å². The standard InChI is InChI=1S/C14H26N4/c1-14(2,3)18-7-5-13(6-8-18)15-9-12-10-16-17(4)11-12/h10-11,13,15H,5-9H2,1-4H3. The van der Waals surface area contributed by atoms with Gasteiger partial charge in [-0.3, -0.25) is 9.58 Å². The van der Waals surface area contributed by atoms with Crippen molar-refractivity contribution >= 4 is 0 Å². The molecule has 0 radical (unpaired) electrons. The summed E-state index contributed by atoms with van der Waals surface area (Å²) in [5.41, 5.74) is 1.59. The molecule has 0 atom stereocenters. The molecule has 0 bridgehead atoms. The number of aromatic nitrogens is 2. The third kappa shape index (κ3) is 3.56. The van der Waals surface area contributed by atoms with Crippen LogP contribution in [0, 0.1) is 0 Å². The first kappa shape index (κ1) is 13.6. The molecule has 1 saturated heterocycles. The van der Waals surface area contributed by atoms with E-state index < -0.39 is 0 Å². The average Bonchev–Trinajstić information content (AvgIpc) is 2.72. The van der Waals surface area contributed by atoms with E-state index >= 15 is 0 Å². The lowest BCUT2D eigenvalue weighted by Crippen LogP contribution is -2.49. The quantitative estimate of drug-likeness (QED) is 0.887. The Morgan fingerprint density at radius 3 is 2.50 bits per heavy atom. The Balaban J connectivity index is 1.74. The zero-order valence-corrected chi connectivity index (χ0v) is 12.1. The van der Waals surface area contributed by atoms with E-state index in [1.807, 2.05) is 17.9 Å². The highest BCUT2D eigenvalue weighted by Crippen LogP contribution is 2.20. The molecule has 0 aliphatic carbocycles. The molecule has 1 aromatic heterocycles. The Hall–Kier alpha value is -0.870. The van der Waals surface area contributed by atoms with Crippen molar-refractivity contribution in [3.8, 4) is 0 Å². The van der Waals surface area contributed by atoms with Gasteiger partial charge in [0.1, 0.15) is 0 Å². The van der Waals surface area contributed by atoms with Crippen LogP contribution in [0.5, 0.6) is 0 Å². The summed E-state index contributed by atoms with van der Waals surface area (Å²) < 4.78 is 1.86. The molecule has 0 spiro atoms. The van der Waals surface area contributed by atoms with Gasteiger partial charge in [-0.25, -0.2) is 0 Å². The van der Waals surface area contributed by atoms with Crippen LogP contribution in [0.25, 0.3) is 0 Å². The fraction of sp³-hybridized carbons (Fsp3) is 0.786. The Bertz CT molecular complexity index is 369. The Labute approximate surface area is 110 Å². The number of hydrogen-bond acceptors (Lipinski definition) is 3. The van der Waals surface area contributed by atoms with Gasteiger partial charge in [-0.2, -0.15) is 5.10 Å². The molecule has 102 valence electrons. The molecule has 1 aromatic rings. The fourth-order valence-electron chi connectivity index (χ4n) is 2.58. The summed E-state index contributed by atoms with van der Waals surface area (Å²) in [4.78, 5) is 2.58. The number of nitrogens with zero attached hydrogens (tertiary/aromatic N) is 3. The second-order valence-corrected chi connectivity index (χ2v) is 6.34. The summed E-state index contributed by atoms with van der Waals surface area (Å²) in [6.45, 7) is 10.2. The lowest BCUT2D eigenvalue weighted by atomic mass is 9.98. The molecule has 0 saturated carbocycles. The second-order valence-electron chi connectivity index (χ2n) is 6.34. The van der Waals surface area contributed by atoms with Gasteiger partial charge in [0.2, 0.25) is 0 Å². The topological polar surface area (TPSA) is 33.1 Å². The first-order chi connectivity index (χ1) is 8.45. The smallest absolute Gasteiger partial charge is 0.0534 e. The molecule has 1 fully saturated rings. The molecule has 0 amide bonds. The van der Waals surface area contributed by atoms with Crippen LogP contribution in [0.2, 0.25) is 0 Å². The van der Waals surface area contributed by atoms with Crippen LogP contribution in [-0.2, 0) is 13.6 Å². The van der Waals surface area contributed by atoms with Gasteiger partial charge in [-0.15, -0.1) is 0 Å². The fourth-order valence-corrected chi connectivity index (χ4v) is 2.58. The van der Waals surface area contributed by atoms with E-state index in [-0.39, 0.29) is 0 Å². The number of piperidine rings is 1. The Kier molecular flexibility index (Phi) is 4.07. The van der Waals surface area contributed by atoms with E-state index in [2.05, 4.69) is 42.3 Å². The minimum Gasteiger partial charge on any atom is -0.310 e. The molecule has 0 unspecified atom stereocenters. The van der Waals surface area contributed by atoms with Gasteiger partial charge in [0.05, 0.1) is 6.20 Å². The summed E-state index contributed by atoms with van der Waals surface area (Å²) in [6, 6.07) is 0.656. The largest absolute Gasteiger partial charge is 0.310 e. The maximum atomic E-state index is 4.19. The van der Waals surface area contributed by atoms with Gasteiger partial charge < -0.3 is 5.32 Å². The summed E-state index contributed by atoms with van der Waals surface area (Å²) in [5, 5.41) is 7.84. The van der Waals surface area contributed by atoms with Crippen LogP contribution in [0.3, 0.4) is 0 Å². The van der Waals surface area contributed by atoms with E-state index in [0.29, 0.717) is 11.6 Å². The molecule has 4 nitrogen and oxygen atoms in total. The molecule has 1 aliphatic rings. The monoisotopic (exact) mass is 250 g/mol. The number of rotatable bonds is 3. The first-order valence-corrected chi connectivity index (χ1v) is 6.91. The SMILES string of the molecule is Cn1cc(CNC2CCN(C(C)(C)C)CC2)cn1. The normalized spacial score (nSPS) is 19.3. The highest BCUT2D eigenvalue weighted by atomic mass is 15.2. The van der Waals surface area contributed by atoms with Crippen molar-refractivity contribution < 1.29 is 0 Å². The number of hydrogen-bond donors (Lipinski definition) is 1. The maximum absolute atomic E-state index is 4.19. The Morgan fingerprint density at radius 1 is 1.33 bits per heavy atom. The van der Waals surface area contributed by atoms with Crippen molar-refractivity contribution in [2.24, 2.45) is 7.05 Å². The van der Waals surface area contributed by atoms with E-state index in [9.17, 15) is 0 Å². The third-order valence-corrected chi connectivity index (χ3v) is 3.80. The minimum atomic E-state index is 0.314. The van der Waals surface area contributed by atoms with E-state index in [1.165, 1.54) is 31.5 Å². The van der Waals surface area contributed by atoms with Gasteiger partial charge in [-0.1, -0.05) is 0 Å². The number of likely N-dealkylation sites (tertiary alicyclic amines) is 1. The zero-order chi connectivity index (χ0) is 13.2. The number of aryl methyl sites for hydroxylation is 1. The van der Waals surface area contributed by atoms with Crippen LogP contribution in [-0.4, -0.2) is 39.4 Å². The predicted molar refractivity (Wildman–Crippen MR) is 74.4 cm³/mol. The molecule has 2 rings (SSSR count). The van der Waals surface area contributed by atoms with Crippen molar-refractivity contribution in [1.82, 2.24) is 20.0 Å². The summed E-state index contributed by atoms with van der Waals surface area (Å²) in [6.07, 6.45) is 6.52. The van der Waals surface area contributed by atoms with Crippen molar-refractivity contribution in [3.05, 3.63) is 18.0 Å². The first-order valence-electron chi connectivity index (χ1n) is 6.91. The zero-order valence-electron chi connectivity index (χ0n) is 12.1. The molecular formula is C14H26N4. The third-order valence-electron chi connectivity index (χ3n) is 3.80. The molecule has 4 heteroatoms. The molecule has 18 heavy (non-hydrogen) atoms. The summed E-state index contributed by atoms with van der Waals surface area (Å²) in [5.74, 6) is 0. The molecule has 1 aliphatic heterocycles. The molecule has 1 N–H and O–H groups in total. The van der Waals surface area contributed by atoms with Crippen molar-refractivity contribution in [1.29, 1.82) is 0 Å². The van der Waals surface area contributed by atoms with Crippen LogP contribution in [0.4, 0.5) is 0 Å². The van der Waals surface area contributed by atoms with Crippen LogP contribution in [0.15, 0.2) is 12.4 Å². The van der Waals surface area contributed by atoms with Crippen LogP contribution < -0.4 is 5.32 Å². The summed E-state index contributed by atoms with van der Waals surface area (Å²) in [7, 11) is 1.96. The second kappa shape index (κ2) is 5.41. The lowest BCUT2D eigenvalue weighted by Gasteiger charge is -2.41. The van der Waals surface area contributed by atoms with Crippen molar-refractivity contribution in [3.63, 3.8) is 0 Å². The summed E-state index contributed by atoms with van der Waals surface area (Å²) >= 11 is 0. The molecular weight excluding hydrogens is 224 g/mol. The van der Waals surface area contributed by atoms with Gasteiger partial charge in [0.15, 0.2) is 0 Å². The van der Waals surface area contributed by atoms with Gasteiger partial charge in [-0.05, 0) is 33.6 Å². The van der Waals surface area contributed by atoms with Crippen molar-refractivity contribution in [2.75, 3.05) is 13.1 Å². The van der Waals surface area contributed by atoms with E-state index in [1.54, 1.807) is 0 Å². The lowest BCUT2D eigenvalue weighted by molar-refractivity contribution is 0.0960. The Morgan fingerprint density at radius 2 is 2.00 bits per heavy atom. The van der Waals surface area contributed by atoms with Gasteiger partial charge >= 0.3 is 0 Å². The van der Waals surface area contributed by atoms with Gasteiger partial charge in [0, 0.05) is 50.0 Å². The van der Waals surface area contributed by atoms with Crippen LogP contribution >= 0.6 is 0 Å². The van der Waals surface area contributed by atoms with E-state index in [4.69, 9.17) is 0 Å². The molecule has 0 aromatic carbocycles. The average molecular weight is 250 g/mol. The number of nitrogens with one attached hydrogen (secondary N) is 1. The molecule has 2 heterocycles. The van der Waals surface area contributed by atoms with Crippen molar-refractivity contribution in [2.45, 2.75) is 51.7 Å². The highest BCUT2D eigenvalue weighted by molar-refractivity contribution is 5.03. The predicted octanol–water partition coefficient (Wildman–Crippen LogP) is 1.77. The van der Waals surface area contributed by atoms with E-state index in [0.717, 1.165) is 6.54 Å². The highest BCUT2D eigenvalue weighted by Gasteiger charge is 2.26. The van der Waals surface area contributed by atoms with Gasteiger partial charge in [0.25, 0.3) is 0 Å². The minimum absolute atomic E-state index is 0.314.